The Morgan fingerprint density at radius 2 is 1.85 bits per heavy atom. The van der Waals surface area contributed by atoms with Crippen molar-refractivity contribution in [3.05, 3.63) is 59.9 Å². The van der Waals surface area contributed by atoms with Crippen LogP contribution in [0.1, 0.15) is 19.4 Å². The second kappa shape index (κ2) is 12.4. The van der Waals surface area contributed by atoms with Crippen LogP contribution in [-0.2, 0) is 6.54 Å². The first kappa shape index (κ1) is 23.0. The quantitative estimate of drug-likeness (QED) is 0.336. The summed E-state index contributed by atoms with van der Waals surface area (Å²) in [5.74, 6) is 1.80. The Kier molecular flexibility index (Phi) is 10.5. The number of halogens is 2. The lowest BCUT2D eigenvalue weighted by atomic mass is 10.2. The summed E-state index contributed by atoms with van der Waals surface area (Å²) in [5.41, 5.74) is 0.820. The fraction of sp³-hybridized carbons (Fsp3) is 0.350. The van der Waals surface area contributed by atoms with Gasteiger partial charge in [-0.3, -0.25) is 0 Å². The van der Waals surface area contributed by atoms with Crippen LogP contribution < -0.4 is 20.1 Å². The molecule has 0 aromatic heterocycles. The number of para-hydroxylation sites is 2. The van der Waals surface area contributed by atoms with Crippen molar-refractivity contribution in [2.24, 2.45) is 4.99 Å². The molecule has 0 bridgehead atoms. The summed E-state index contributed by atoms with van der Waals surface area (Å²) in [6, 6.07) is 14.0. The zero-order valence-electron chi connectivity index (χ0n) is 15.9. The summed E-state index contributed by atoms with van der Waals surface area (Å²) in [7, 11) is 1.62. The van der Waals surface area contributed by atoms with Crippen molar-refractivity contribution in [2.45, 2.75) is 26.5 Å². The van der Waals surface area contributed by atoms with Gasteiger partial charge in [-0.05, 0) is 43.7 Å². The molecule has 0 fully saturated rings. The van der Waals surface area contributed by atoms with E-state index in [1.807, 2.05) is 44.2 Å². The van der Waals surface area contributed by atoms with Gasteiger partial charge in [-0.2, -0.15) is 0 Å². The van der Waals surface area contributed by atoms with Gasteiger partial charge in [-0.15, -0.1) is 24.0 Å². The Hall–Kier alpha value is -2.03. The Morgan fingerprint density at radius 3 is 2.52 bits per heavy atom. The van der Waals surface area contributed by atoms with Crippen LogP contribution in [0.5, 0.6) is 11.5 Å². The van der Waals surface area contributed by atoms with E-state index in [4.69, 9.17) is 9.47 Å². The van der Waals surface area contributed by atoms with Gasteiger partial charge in [0.05, 0.1) is 20.2 Å². The molecule has 0 saturated carbocycles. The average Bonchev–Trinajstić information content (AvgIpc) is 2.64. The highest BCUT2D eigenvalue weighted by molar-refractivity contribution is 14.0. The smallest absolute Gasteiger partial charge is 0.191 e. The van der Waals surface area contributed by atoms with Gasteiger partial charge in [0.2, 0.25) is 0 Å². The minimum absolute atomic E-state index is 0. The molecular weight excluding hydrogens is 460 g/mol. The molecule has 0 radical (unpaired) electrons. The molecule has 1 unspecified atom stereocenters. The van der Waals surface area contributed by atoms with Crippen molar-refractivity contribution in [1.82, 2.24) is 10.6 Å². The van der Waals surface area contributed by atoms with Crippen LogP contribution in [0, 0.1) is 5.82 Å². The highest BCUT2D eigenvalue weighted by atomic mass is 127. The van der Waals surface area contributed by atoms with Gasteiger partial charge in [0.1, 0.15) is 11.9 Å². The molecule has 0 aliphatic rings. The van der Waals surface area contributed by atoms with E-state index in [1.165, 1.54) is 12.1 Å². The molecule has 2 N–H and O–H groups in total. The number of aliphatic imine (C=N–C) groups is 1. The van der Waals surface area contributed by atoms with Crippen molar-refractivity contribution < 1.29 is 13.9 Å². The highest BCUT2D eigenvalue weighted by Gasteiger charge is 2.09. The topological polar surface area (TPSA) is 54.9 Å². The van der Waals surface area contributed by atoms with Gasteiger partial charge >= 0.3 is 0 Å². The first-order valence-electron chi connectivity index (χ1n) is 8.68. The lowest BCUT2D eigenvalue weighted by Gasteiger charge is -2.19. The largest absolute Gasteiger partial charge is 0.493 e. The van der Waals surface area contributed by atoms with Crippen molar-refractivity contribution in [3.8, 4) is 11.5 Å². The second-order valence-corrected chi connectivity index (χ2v) is 5.79. The van der Waals surface area contributed by atoms with Crippen molar-refractivity contribution in [2.75, 3.05) is 20.2 Å². The number of hydrogen-bond donors (Lipinski definition) is 2. The molecule has 2 aromatic rings. The first-order chi connectivity index (χ1) is 12.6. The molecule has 2 aromatic carbocycles. The monoisotopic (exact) mass is 487 g/mol. The van der Waals surface area contributed by atoms with Gasteiger partial charge in [-0.25, -0.2) is 9.38 Å². The van der Waals surface area contributed by atoms with E-state index in [9.17, 15) is 4.39 Å². The molecule has 27 heavy (non-hydrogen) atoms. The molecule has 0 heterocycles. The van der Waals surface area contributed by atoms with Gasteiger partial charge in [-0.1, -0.05) is 24.3 Å². The van der Waals surface area contributed by atoms with Crippen molar-refractivity contribution in [3.63, 3.8) is 0 Å². The van der Waals surface area contributed by atoms with Crippen LogP contribution in [0.4, 0.5) is 4.39 Å². The number of guanidine groups is 1. The van der Waals surface area contributed by atoms with Crippen LogP contribution >= 0.6 is 24.0 Å². The predicted octanol–water partition coefficient (Wildman–Crippen LogP) is 3.97. The molecule has 0 aliphatic heterocycles. The molecule has 0 saturated heterocycles. The predicted molar refractivity (Wildman–Crippen MR) is 118 cm³/mol. The van der Waals surface area contributed by atoms with Gasteiger partial charge < -0.3 is 20.1 Å². The summed E-state index contributed by atoms with van der Waals surface area (Å²) >= 11 is 0. The summed E-state index contributed by atoms with van der Waals surface area (Å²) in [4.78, 5) is 4.49. The molecule has 0 spiro atoms. The number of methoxy groups -OCH3 is 1. The highest BCUT2D eigenvalue weighted by Crippen LogP contribution is 2.26. The lowest BCUT2D eigenvalue weighted by Crippen LogP contribution is -2.41. The van der Waals surface area contributed by atoms with E-state index in [0.29, 0.717) is 30.5 Å². The normalized spacial score (nSPS) is 11.9. The van der Waals surface area contributed by atoms with E-state index < -0.39 is 0 Å². The molecule has 0 amide bonds. The molecule has 0 aliphatic carbocycles. The van der Waals surface area contributed by atoms with Crippen LogP contribution in [0.2, 0.25) is 0 Å². The third-order valence-corrected chi connectivity index (χ3v) is 3.61. The number of rotatable bonds is 8. The maximum absolute atomic E-state index is 13.3. The zero-order valence-corrected chi connectivity index (χ0v) is 18.2. The van der Waals surface area contributed by atoms with Crippen LogP contribution in [0.25, 0.3) is 0 Å². The van der Waals surface area contributed by atoms with Gasteiger partial charge in [0.25, 0.3) is 0 Å². The second-order valence-electron chi connectivity index (χ2n) is 5.79. The maximum atomic E-state index is 13.3. The molecule has 1 atom stereocenters. The Bertz CT molecular complexity index is 728. The Balaban J connectivity index is 0.00000364. The third-order valence-electron chi connectivity index (χ3n) is 3.61. The molecule has 148 valence electrons. The van der Waals surface area contributed by atoms with E-state index >= 15 is 0 Å². The minimum atomic E-state index is -0.255. The molecular formula is C20H27FIN3O2. The minimum Gasteiger partial charge on any atom is -0.493 e. The number of ether oxygens (including phenoxy) is 2. The third kappa shape index (κ3) is 8.03. The SMILES string of the molecule is CCNC(=NCc1cccc(F)c1)NCC(C)Oc1ccccc1OC.I. The van der Waals surface area contributed by atoms with E-state index in [-0.39, 0.29) is 35.9 Å². The maximum Gasteiger partial charge on any atom is 0.191 e. The summed E-state index contributed by atoms with van der Waals surface area (Å²) in [6.45, 7) is 5.66. The number of benzene rings is 2. The molecule has 2 rings (SSSR count). The molecule has 7 heteroatoms. The standard InChI is InChI=1S/C20H26FN3O2.HI/c1-4-22-20(24-14-16-8-7-9-17(21)12-16)23-13-15(2)26-19-11-6-5-10-18(19)25-3;/h5-12,15H,4,13-14H2,1-3H3,(H2,22,23,24);1H. The Morgan fingerprint density at radius 1 is 1.11 bits per heavy atom. The first-order valence-corrected chi connectivity index (χ1v) is 8.68. The number of nitrogens with one attached hydrogen (secondary N) is 2. The van der Waals surface area contributed by atoms with Crippen molar-refractivity contribution in [1.29, 1.82) is 0 Å². The van der Waals surface area contributed by atoms with E-state index in [1.54, 1.807) is 13.2 Å². The van der Waals surface area contributed by atoms with Crippen LogP contribution in [-0.4, -0.2) is 32.3 Å². The van der Waals surface area contributed by atoms with Crippen LogP contribution in [0.15, 0.2) is 53.5 Å². The van der Waals surface area contributed by atoms with E-state index in [0.717, 1.165) is 12.1 Å². The van der Waals surface area contributed by atoms with Crippen molar-refractivity contribution >= 4 is 29.9 Å². The summed E-state index contributed by atoms with van der Waals surface area (Å²) < 4.78 is 24.5. The van der Waals surface area contributed by atoms with E-state index in [2.05, 4.69) is 15.6 Å². The summed E-state index contributed by atoms with van der Waals surface area (Å²) in [5, 5.41) is 6.42. The van der Waals surface area contributed by atoms with Gasteiger partial charge in [0, 0.05) is 6.54 Å². The van der Waals surface area contributed by atoms with Gasteiger partial charge in [0.15, 0.2) is 17.5 Å². The molecule has 5 nitrogen and oxygen atoms in total. The fourth-order valence-electron chi connectivity index (χ4n) is 2.36. The summed E-state index contributed by atoms with van der Waals surface area (Å²) in [6.07, 6.45) is -0.0932. The fourth-order valence-corrected chi connectivity index (χ4v) is 2.36. The zero-order chi connectivity index (χ0) is 18.8. The van der Waals surface area contributed by atoms with Crippen LogP contribution in [0.3, 0.4) is 0 Å². The lowest BCUT2D eigenvalue weighted by molar-refractivity contribution is 0.213. The Labute approximate surface area is 177 Å². The number of hydrogen-bond acceptors (Lipinski definition) is 3. The average molecular weight is 487 g/mol. The number of nitrogens with zero attached hydrogens (tertiary/aromatic N) is 1.